The Hall–Kier alpha value is -0.770. The van der Waals surface area contributed by atoms with Crippen LogP contribution in [0.4, 0.5) is 5.82 Å². The van der Waals surface area contributed by atoms with Crippen LogP contribution in [0.3, 0.4) is 0 Å². The minimum absolute atomic E-state index is 0.554. The lowest BCUT2D eigenvalue weighted by atomic mass is 10.3. The van der Waals surface area contributed by atoms with Gasteiger partial charge >= 0.3 is 0 Å². The summed E-state index contributed by atoms with van der Waals surface area (Å²) in [5, 5.41) is 4.66. The lowest BCUT2D eigenvalue weighted by Crippen LogP contribution is -2.00. The van der Waals surface area contributed by atoms with Gasteiger partial charge in [0.25, 0.3) is 0 Å². The van der Waals surface area contributed by atoms with Crippen molar-refractivity contribution in [3.63, 3.8) is 0 Å². The largest absolute Gasteiger partial charge is 0.373 e. The first-order chi connectivity index (χ1) is 6.15. The highest BCUT2D eigenvalue weighted by Gasteiger charge is 2.07. The van der Waals surface area contributed by atoms with E-state index in [1.807, 2.05) is 14.0 Å². The van der Waals surface area contributed by atoms with Crippen LogP contribution in [0.2, 0.25) is 0 Å². The lowest BCUT2D eigenvalue weighted by Gasteiger charge is -2.09. The number of nitrogens with zero attached hydrogens (tertiary/aromatic N) is 2. The summed E-state index contributed by atoms with van der Waals surface area (Å²) < 4.78 is 0. The van der Waals surface area contributed by atoms with Gasteiger partial charge in [-0.1, -0.05) is 13.8 Å². The molecule has 0 aliphatic rings. The summed E-state index contributed by atoms with van der Waals surface area (Å²) in [5.41, 5.74) is 1.13. The number of thioether (sulfide) groups is 1. The molecule has 0 aliphatic carbocycles. The Bertz CT molecular complexity index is 286. The Morgan fingerprint density at radius 1 is 1.38 bits per heavy atom. The van der Waals surface area contributed by atoms with E-state index in [1.54, 1.807) is 18.1 Å². The number of aromatic nitrogens is 2. The van der Waals surface area contributed by atoms with Crippen LogP contribution in [0.1, 0.15) is 19.4 Å². The second-order valence-corrected chi connectivity index (χ2v) is 4.63. The quantitative estimate of drug-likeness (QED) is 0.596. The Morgan fingerprint density at radius 3 is 2.62 bits per heavy atom. The second kappa shape index (κ2) is 4.46. The zero-order chi connectivity index (χ0) is 9.84. The molecule has 0 atom stereocenters. The van der Waals surface area contributed by atoms with Crippen LogP contribution in [-0.4, -0.2) is 22.3 Å². The van der Waals surface area contributed by atoms with Crippen molar-refractivity contribution in [1.29, 1.82) is 0 Å². The van der Waals surface area contributed by atoms with Crippen molar-refractivity contribution >= 4 is 17.6 Å². The number of anilines is 1. The summed E-state index contributed by atoms with van der Waals surface area (Å²) in [5.74, 6) is 0.915. The van der Waals surface area contributed by atoms with Crippen LogP contribution in [0, 0.1) is 6.92 Å². The van der Waals surface area contributed by atoms with Gasteiger partial charge in [-0.2, -0.15) is 0 Å². The minimum atomic E-state index is 0.554. The van der Waals surface area contributed by atoms with Crippen LogP contribution < -0.4 is 5.32 Å². The minimum Gasteiger partial charge on any atom is -0.373 e. The van der Waals surface area contributed by atoms with E-state index >= 15 is 0 Å². The zero-order valence-electron chi connectivity index (χ0n) is 8.46. The van der Waals surface area contributed by atoms with Crippen LogP contribution in [-0.2, 0) is 0 Å². The molecule has 13 heavy (non-hydrogen) atoms. The van der Waals surface area contributed by atoms with Crippen LogP contribution in [0.25, 0.3) is 0 Å². The van der Waals surface area contributed by atoms with E-state index in [1.165, 1.54) is 0 Å². The molecule has 0 amide bonds. The molecule has 3 nitrogen and oxygen atoms in total. The van der Waals surface area contributed by atoms with E-state index in [9.17, 15) is 0 Å². The molecule has 1 N–H and O–H groups in total. The van der Waals surface area contributed by atoms with Crippen LogP contribution in [0.5, 0.6) is 0 Å². The maximum absolute atomic E-state index is 4.24. The van der Waals surface area contributed by atoms with E-state index in [0.29, 0.717) is 5.25 Å². The van der Waals surface area contributed by atoms with Gasteiger partial charge in [0.05, 0.1) is 0 Å². The molecular weight excluding hydrogens is 182 g/mol. The fraction of sp³-hybridized carbons (Fsp3) is 0.556. The number of nitrogens with one attached hydrogen (secondary N) is 1. The smallest absolute Gasteiger partial charge is 0.133 e. The highest BCUT2D eigenvalue weighted by Crippen LogP contribution is 2.26. The van der Waals surface area contributed by atoms with Gasteiger partial charge in [0, 0.05) is 17.9 Å². The Labute approximate surface area is 83.4 Å². The molecule has 0 unspecified atom stereocenters. The van der Waals surface area contributed by atoms with Crippen LogP contribution in [0.15, 0.2) is 11.4 Å². The van der Waals surface area contributed by atoms with Gasteiger partial charge in [-0.3, -0.25) is 0 Å². The SMILES string of the molecule is CNc1ncnc(SC(C)C)c1C. The van der Waals surface area contributed by atoms with Crippen molar-refractivity contribution in [2.45, 2.75) is 31.0 Å². The Balaban J connectivity index is 2.94. The molecular formula is C9H15N3S. The lowest BCUT2D eigenvalue weighted by molar-refractivity contribution is 0.991. The molecule has 0 saturated heterocycles. The third-order valence-corrected chi connectivity index (χ3v) is 2.73. The fourth-order valence-corrected chi connectivity index (χ4v) is 1.86. The summed E-state index contributed by atoms with van der Waals surface area (Å²) in [7, 11) is 1.87. The summed E-state index contributed by atoms with van der Waals surface area (Å²) >= 11 is 1.76. The molecule has 0 bridgehead atoms. The third kappa shape index (κ3) is 2.59. The monoisotopic (exact) mass is 197 g/mol. The first-order valence-electron chi connectivity index (χ1n) is 4.31. The fourth-order valence-electron chi connectivity index (χ4n) is 1.03. The molecule has 72 valence electrons. The van der Waals surface area contributed by atoms with Gasteiger partial charge < -0.3 is 5.32 Å². The number of hydrogen-bond donors (Lipinski definition) is 1. The summed E-state index contributed by atoms with van der Waals surface area (Å²) in [6.07, 6.45) is 1.60. The molecule has 0 spiro atoms. The van der Waals surface area contributed by atoms with Crippen molar-refractivity contribution in [2.75, 3.05) is 12.4 Å². The highest BCUT2D eigenvalue weighted by molar-refractivity contribution is 7.99. The molecule has 1 heterocycles. The van der Waals surface area contributed by atoms with Crippen molar-refractivity contribution in [3.8, 4) is 0 Å². The topological polar surface area (TPSA) is 37.8 Å². The maximum atomic E-state index is 4.24. The molecule has 1 aromatic heterocycles. The van der Waals surface area contributed by atoms with E-state index < -0.39 is 0 Å². The Kier molecular flexibility index (Phi) is 3.54. The van der Waals surface area contributed by atoms with Crippen LogP contribution >= 0.6 is 11.8 Å². The van der Waals surface area contributed by atoms with Crippen molar-refractivity contribution in [2.24, 2.45) is 0 Å². The maximum Gasteiger partial charge on any atom is 0.133 e. The molecule has 1 aromatic rings. The zero-order valence-corrected chi connectivity index (χ0v) is 9.27. The first-order valence-corrected chi connectivity index (χ1v) is 5.19. The third-order valence-electron chi connectivity index (χ3n) is 1.62. The highest BCUT2D eigenvalue weighted by atomic mass is 32.2. The number of rotatable bonds is 3. The molecule has 1 rings (SSSR count). The van der Waals surface area contributed by atoms with Gasteiger partial charge in [0.2, 0.25) is 0 Å². The standard InChI is InChI=1S/C9H15N3S/c1-6(2)13-9-7(3)8(10-4)11-5-12-9/h5-6H,1-4H3,(H,10,11,12). The molecule has 4 heteroatoms. The van der Waals surface area contributed by atoms with Crippen molar-refractivity contribution in [1.82, 2.24) is 9.97 Å². The molecule has 0 aromatic carbocycles. The van der Waals surface area contributed by atoms with E-state index in [4.69, 9.17) is 0 Å². The second-order valence-electron chi connectivity index (χ2n) is 3.07. The predicted octanol–water partition coefficient (Wildman–Crippen LogP) is 2.33. The van der Waals surface area contributed by atoms with Gasteiger partial charge in [-0.15, -0.1) is 11.8 Å². The molecule has 0 fully saturated rings. The average Bonchev–Trinajstić information content (AvgIpc) is 2.08. The normalized spacial score (nSPS) is 10.5. The Morgan fingerprint density at radius 2 is 2.08 bits per heavy atom. The van der Waals surface area contributed by atoms with Gasteiger partial charge in [-0.25, -0.2) is 9.97 Å². The molecule has 0 radical (unpaired) electrons. The van der Waals surface area contributed by atoms with E-state index in [-0.39, 0.29) is 0 Å². The van der Waals surface area contributed by atoms with Crippen molar-refractivity contribution in [3.05, 3.63) is 11.9 Å². The number of hydrogen-bond acceptors (Lipinski definition) is 4. The van der Waals surface area contributed by atoms with Gasteiger partial charge in [0.1, 0.15) is 17.2 Å². The van der Waals surface area contributed by atoms with Crippen molar-refractivity contribution < 1.29 is 0 Å². The summed E-state index contributed by atoms with van der Waals surface area (Å²) in [6, 6.07) is 0. The first kappa shape index (κ1) is 10.3. The van der Waals surface area contributed by atoms with Gasteiger partial charge in [0.15, 0.2) is 0 Å². The predicted molar refractivity (Wildman–Crippen MR) is 57.3 cm³/mol. The summed E-state index contributed by atoms with van der Waals surface area (Å²) in [6.45, 7) is 6.35. The summed E-state index contributed by atoms with van der Waals surface area (Å²) in [4.78, 5) is 8.37. The van der Waals surface area contributed by atoms with E-state index in [0.717, 1.165) is 16.4 Å². The van der Waals surface area contributed by atoms with E-state index in [2.05, 4.69) is 29.1 Å². The molecule has 0 aliphatic heterocycles. The average molecular weight is 197 g/mol. The molecule has 0 saturated carbocycles. The van der Waals surface area contributed by atoms with Gasteiger partial charge in [-0.05, 0) is 6.92 Å².